The molecular weight excluding hydrogens is 422 g/mol. The molecule has 0 unspecified atom stereocenters. The number of hydrogen-bond donors (Lipinski definition) is 0. The maximum absolute atomic E-state index is 5.43. The number of methoxy groups -OCH3 is 2. The van der Waals surface area contributed by atoms with Crippen LogP contribution in [0, 0.1) is 6.92 Å². The number of piperazine rings is 1. The molecule has 3 heterocycles. The molecule has 2 aromatic heterocycles. The molecule has 7 nitrogen and oxygen atoms in total. The number of anilines is 1. The first kappa shape index (κ1) is 22.5. The van der Waals surface area contributed by atoms with Gasteiger partial charge in [-0.15, -0.1) is 11.3 Å². The van der Waals surface area contributed by atoms with E-state index < -0.39 is 0 Å². The number of aryl methyl sites for hydroxylation is 1. The average Bonchev–Trinajstić information content (AvgIpc) is 3.27. The quantitative estimate of drug-likeness (QED) is 0.526. The molecule has 1 aliphatic heterocycles. The van der Waals surface area contributed by atoms with Crippen molar-refractivity contribution in [1.29, 1.82) is 0 Å². The number of ether oxygens (including phenoxy) is 2. The van der Waals surface area contributed by atoms with Crippen LogP contribution in [0.2, 0.25) is 0 Å². The molecule has 0 bridgehead atoms. The number of thiazole rings is 1. The number of rotatable bonds is 7. The molecule has 0 radical (unpaired) electrons. The molecule has 0 saturated carbocycles. The first-order valence-corrected chi connectivity index (χ1v) is 11.8. The highest BCUT2D eigenvalue weighted by atomic mass is 32.1. The van der Waals surface area contributed by atoms with Crippen molar-refractivity contribution in [2.75, 3.05) is 45.3 Å². The van der Waals surface area contributed by atoms with E-state index in [4.69, 9.17) is 19.4 Å². The second-order valence-electron chi connectivity index (χ2n) is 8.36. The second-order valence-corrected chi connectivity index (χ2v) is 9.22. The van der Waals surface area contributed by atoms with E-state index in [0.29, 0.717) is 5.92 Å². The minimum atomic E-state index is 0.333. The Kier molecular flexibility index (Phi) is 6.91. The fraction of sp³-hybridized carbons (Fsp3) is 0.458. The van der Waals surface area contributed by atoms with Crippen molar-refractivity contribution >= 4 is 17.2 Å². The minimum absolute atomic E-state index is 0.333. The Balaban J connectivity index is 1.38. The standard InChI is InChI=1S/C24H31N5O2S/c1-16(2)23-25-17(3)12-22(27-23)29-10-8-28(9-11-29)14-19-15-32-24(26-19)18-6-7-20(30-4)21(13-18)31-5/h6-7,12-13,15-16H,8-11,14H2,1-5H3. The van der Waals surface area contributed by atoms with Gasteiger partial charge < -0.3 is 14.4 Å². The van der Waals surface area contributed by atoms with Gasteiger partial charge in [-0.25, -0.2) is 15.0 Å². The van der Waals surface area contributed by atoms with Gasteiger partial charge in [-0.1, -0.05) is 13.8 Å². The van der Waals surface area contributed by atoms with E-state index in [0.717, 1.165) is 77.8 Å². The summed E-state index contributed by atoms with van der Waals surface area (Å²) in [5.74, 6) is 3.75. The normalized spacial score (nSPS) is 14.8. The van der Waals surface area contributed by atoms with E-state index in [2.05, 4.69) is 40.1 Å². The summed E-state index contributed by atoms with van der Waals surface area (Å²) in [6.07, 6.45) is 0. The summed E-state index contributed by atoms with van der Waals surface area (Å²) in [6.45, 7) is 11.1. The largest absolute Gasteiger partial charge is 0.493 e. The van der Waals surface area contributed by atoms with Gasteiger partial charge in [0.2, 0.25) is 0 Å². The van der Waals surface area contributed by atoms with Crippen LogP contribution in [0.3, 0.4) is 0 Å². The monoisotopic (exact) mass is 453 g/mol. The summed E-state index contributed by atoms with van der Waals surface area (Å²) in [5.41, 5.74) is 3.18. The number of nitrogens with zero attached hydrogens (tertiary/aromatic N) is 5. The van der Waals surface area contributed by atoms with Crippen LogP contribution in [0.1, 0.15) is 37.0 Å². The van der Waals surface area contributed by atoms with Crippen molar-refractivity contribution in [1.82, 2.24) is 19.9 Å². The van der Waals surface area contributed by atoms with Gasteiger partial charge >= 0.3 is 0 Å². The van der Waals surface area contributed by atoms with Gasteiger partial charge in [-0.05, 0) is 25.1 Å². The second kappa shape index (κ2) is 9.83. The Labute approximate surface area is 194 Å². The minimum Gasteiger partial charge on any atom is -0.493 e. The third-order valence-electron chi connectivity index (χ3n) is 5.64. The van der Waals surface area contributed by atoms with Gasteiger partial charge in [0.05, 0.1) is 19.9 Å². The van der Waals surface area contributed by atoms with E-state index in [1.165, 1.54) is 0 Å². The third kappa shape index (κ3) is 5.02. The third-order valence-corrected chi connectivity index (χ3v) is 6.58. The highest BCUT2D eigenvalue weighted by Crippen LogP contribution is 2.33. The van der Waals surface area contributed by atoms with Crippen LogP contribution in [0.15, 0.2) is 29.6 Å². The Hall–Kier alpha value is -2.71. The smallest absolute Gasteiger partial charge is 0.161 e. The van der Waals surface area contributed by atoms with E-state index >= 15 is 0 Å². The predicted octanol–water partition coefficient (Wildman–Crippen LogP) is 4.37. The van der Waals surface area contributed by atoms with Crippen LogP contribution in [-0.2, 0) is 6.54 Å². The molecule has 4 rings (SSSR count). The zero-order chi connectivity index (χ0) is 22.7. The van der Waals surface area contributed by atoms with Crippen molar-refractivity contribution in [3.63, 3.8) is 0 Å². The van der Waals surface area contributed by atoms with Crippen LogP contribution in [-0.4, -0.2) is 60.3 Å². The lowest BCUT2D eigenvalue weighted by atomic mass is 10.2. The molecule has 0 spiro atoms. The van der Waals surface area contributed by atoms with Gasteiger partial charge in [0, 0.05) is 61.3 Å². The molecule has 8 heteroatoms. The van der Waals surface area contributed by atoms with E-state index in [1.54, 1.807) is 25.6 Å². The highest BCUT2D eigenvalue weighted by molar-refractivity contribution is 7.13. The van der Waals surface area contributed by atoms with Crippen molar-refractivity contribution in [2.24, 2.45) is 0 Å². The first-order valence-electron chi connectivity index (χ1n) is 11.0. The Morgan fingerprint density at radius 3 is 2.41 bits per heavy atom. The topological polar surface area (TPSA) is 63.6 Å². The van der Waals surface area contributed by atoms with Crippen molar-refractivity contribution in [3.8, 4) is 22.1 Å². The molecule has 0 atom stereocenters. The van der Waals surface area contributed by atoms with Crippen LogP contribution in [0.25, 0.3) is 10.6 Å². The molecule has 0 aliphatic carbocycles. The van der Waals surface area contributed by atoms with Crippen LogP contribution >= 0.6 is 11.3 Å². The zero-order valence-corrected chi connectivity index (χ0v) is 20.3. The number of hydrogen-bond acceptors (Lipinski definition) is 8. The maximum Gasteiger partial charge on any atom is 0.161 e. The molecule has 1 saturated heterocycles. The maximum atomic E-state index is 5.43. The summed E-state index contributed by atoms with van der Waals surface area (Å²) >= 11 is 1.67. The van der Waals surface area contributed by atoms with Gasteiger partial charge in [0.15, 0.2) is 11.5 Å². The molecule has 1 fully saturated rings. The first-order chi connectivity index (χ1) is 15.5. The van der Waals surface area contributed by atoms with Crippen molar-refractivity contribution in [2.45, 2.75) is 33.2 Å². The molecule has 170 valence electrons. The van der Waals surface area contributed by atoms with Gasteiger partial charge in [-0.2, -0.15) is 0 Å². The fourth-order valence-electron chi connectivity index (χ4n) is 3.84. The predicted molar refractivity (Wildman–Crippen MR) is 129 cm³/mol. The molecule has 32 heavy (non-hydrogen) atoms. The van der Waals surface area contributed by atoms with Gasteiger partial charge in [0.25, 0.3) is 0 Å². The molecular formula is C24H31N5O2S. The van der Waals surface area contributed by atoms with E-state index in [-0.39, 0.29) is 0 Å². The van der Waals surface area contributed by atoms with Gasteiger partial charge in [-0.3, -0.25) is 4.90 Å². The summed E-state index contributed by atoms with van der Waals surface area (Å²) < 4.78 is 10.8. The molecule has 0 N–H and O–H groups in total. The van der Waals surface area contributed by atoms with Crippen LogP contribution in [0.4, 0.5) is 5.82 Å². The summed E-state index contributed by atoms with van der Waals surface area (Å²) in [5, 5.41) is 3.15. The molecule has 1 aliphatic rings. The average molecular weight is 454 g/mol. The lowest BCUT2D eigenvalue weighted by Crippen LogP contribution is -2.46. The van der Waals surface area contributed by atoms with E-state index in [9.17, 15) is 0 Å². The van der Waals surface area contributed by atoms with Crippen molar-refractivity contribution in [3.05, 3.63) is 46.9 Å². The SMILES string of the molecule is COc1ccc(-c2nc(CN3CCN(c4cc(C)nc(C(C)C)n4)CC3)cs2)cc1OC. The van der Waals surface area contributed by atoms with Gasteiger partial charge in [0.1, 0.15) is 16.6 Å². The lowest BCUT2D eigenvalue weighted by Gasteiger charge is -2.35. The number of benzene rings is 1. The highest BCUT2D eigenvalue weighted by Gasteiger charge is 2.20. The molecule has 3 aromatic rings. The molecule has 1 aromatic carbocycles. The van der Waals surface area contributed by atoms with E-state index in [1.807, 2.05) is 25.1 Å². The Bertz CT molecular complexity index is 1060. The van der Waals surface area contributed by atoms with Crippen LogP contribution < -0.4 is 14.4 Å². The summed E-state index contributed by atoms with van der Waals surface area (Å²) in [6, 6.07) is 8.03. The zero-order valence-electron chi connectivity index (χ0n) is 19.5. The van der Waals surface area contributed by atoms with Crippen molar-refractivity contribution < 1.29 is 9.47 Å². The fourth-order valence-corrected chi connectivity index (χ4v) is 4.65. The number of aromatic nitrogens is 3. The Morgan fingerprint density at radius 1 is 0.969 bits per heavy atom. The lowest BCUT2D eigenvalue weighted by molar-refractivity contribution is 0.247. The van der Waals surface area contributed by atoms with Crippen LogP contribution in [0.5, 0.6) is 11.5 Å². The summed E-state index contributed by atoms with van der Waals surface area (Å²) in [7, 11) is 3.30. The summed E-state index contributed by atoms with van der Waals surface area (Å²) in [4.78, 5) is 19.1. The Morgan fingerprint density at radius 2 is 1.72 bits per heavy atom. The molecule has 0 amide bonds.